The van der Waals surface area contributed by atoms with Crippen molar-refractivity contribution in [1.82, 2.24) is 30.8 Å². The zero-order valence-electron chi connectivity index (χ0n) is 21.2. The zero-order valence-corrected chi connectivity index (χ0v) is 21.2. The average molecular weight is 538 g/mol. The van der Waals surface area contributed by atoms with E-state index in [-0.39, 0.29) is 17.4 Å². The number of nitrogens with zero attached hydrogens (tertiary/aromatic N) is 4. The summed E-state index contributed by atoms with van der Waals surface area (Å²) in [5.41, 5.74) is 0.771. The van der Waals surface area contributed by atoms with E-state index in [1.807, 2.05) is 5.32 Å². The topological polar surface area (TPSA) is 142 Å². The Kier molecular flexibility index (Phi) is 7.88. The molecule has 3 heterocycles. The molecular weight excluding hydrogens is 507 g/mol. The number of amides is 4. The van der Waals surface area contributed by atoms with Crippen LogP contribution in [0.15, 0.2) is 23.0 Å². The third-order valence-corrected chi connectivity index (χ3v) is 7.29. The molecule has 4 rings (SSSR count). The first-order chi connectivity index (χ1) is 17.9. The largest absolute Gasteiger partial charge is 0.410 e. The molecule has 1 aliphatic heterocycles. The highest BCUT2D eigenvalue weighted by molar-refractivity contribution is 6.00. The number of rotatable bonds is 7. The average Bonchev–Trinajstić information content (AvgIpc) is 3.48. The molecule has 2 aliphatic rings. The van der Waals surface area contributed by atoms with Crippen LogP contribution in [0.2, 0.25) is 0 Å². The van der Waals surface area contributed by atoms with E-state index in [0.29, 0.717) is 17.2 Å². The molecule has 4 amide bonds. The van der Waals surface area contributed by atoms with Crippen molar-refractivity contribution in [2.24, 2.45) is 11.8 Å². The first kappa shape index (κ1) is 27.3. The molecule has 206 valence electrons. The molecule has 14 heteroatoms. The second-order valence-electron chi connectivity index (χ2n) is 10.0. The van der Waals surface area contributed by atoms with Crippen LogP contribution in [0.4, 0.5) is 23.8 Å². The van der Waals surface area contributed by atoms with Crippen molar-refractivity contribution in [2.75, 3.05) is 11.9 Å². The smallest absolute Gasteiger partial charge is 0.338 e. The predicted molar refractivity (Wildman–Crippen MR) is 128 cm³/mol. The minimum absolute atomic E-state index is 0.0121. The molecule has 2 aromatic rings. The minimum atomic E-state index is -4.56. The van der Waals surface area contributed by atoms with Crippen LogP contribution in [0.3, 0.4) is 0 Å². The molecule has 0 aromatic carbocycles. The Bertz CT molecular complexity index is 1180. The van der Waals surface area contributed by atoms with Crippen LogP contribution in [0, 0.1) is 18.8 Å². The quantitative estimate of drug-likeness (QED) is 0.492. The summed E-state index contributed by atoms with van der Waals surface area (Å²) in [6.07, 6.45) is 0.151. The lowest BCUT2D eigenvalue weighted by Gasteiger charge is -2.32. The number of hydrogen-bond donors (Lipinski definition) is 3. The lowest BCUT2D eigenvalue weighted by Crippen LogP contribution is -2.49. The van der Waals surface area contributed by atoms with Crippen LogP contribution < -0.4 is 16.0 Å². The third-order valence-electron chi connectivity index (χ3n) is 7.29. The molecule has 0 spiro atoms. The normalized spacial score (nSPS) is 23.5. The van der Waals surface area contributed by atoms with Crippen LogP contribution in [0.25, 0.3) is 0 Å². The van der Waals surface area contributed by atoms with Gasteiger partial charge in [-0.3, -0.25) is 9.59 Å². The lowest BCUT2D eigenvalue weighted by atomic mass is 9.79. The van der Waals surface area contributed by atoms with Crippen molar-refractivity contribution in [2.45, 2.75) is 70.8 Å². The summed E-state index contributed by atoms with van der Waals surface area (Å²) >= 11 is 0. The fraction of sp³-hybridized carbons (Fsp3) is 0.583. The van der Waals surface area contributed by atoms with Gasteiger partial charge in [-0.05, 0) is 61.4 Å². The highest BCUT2D eigenvalue weighted by atomic mass is 19.4. The summed E-state index contributed by atoms with van der Waals surface area (Å²) < 4.78 is 43.9. The van der Waals surface area contributed by atoms with Gasteiger partial charge in [-0.15, -0.1) is 0 Å². The molecule has 2 aromatic heterocycles. The van der Waals surface area contributed by atoms with Gasteiger partial charge in [0.05, 0.1) is 12.6 Å². The van der Waals surface area contributed by atoms with Crippen molar-refractivity contribution in [3.05, 3.63) is 35.3 Å². The number of aryl methyl sites for hydroxylation is 1. The number of aromatic nitrogens is 3. The second kappa shape index (κ2) is 11.0. The standard InChI is InChI=1S/C24H30F3N7O4/c1-12-4-6-15(7-5-12)20(31-21(35)19-13(2)32-38-33-19)22(36)30-18-10-16(8-9-28-18)14(3)34-11-17(24(25,26)27)29-23(34)37/h8-10,12,14-15,17,20H,4-7,11H2,1-3H3,(H,29,37)(H,31,35)(H,28,30,36)/t12?,14-,15?,17+,20+/m1/s1. The van der Waals surface area contributed by atoms with Gasteiger partial charge in [0.2, 0.25) is 5.91 Å². The number of alkyl halides is 3. The van der Waals surface area contributed by atoms with Crippen LogP contribution in [-0.2, 0) is 4.79 Å². The van der Waals surface area contributed by atoms with E-state index in [9.17, 15) is 27.6 Å². The van der Waals surface area contributed by atoms with Gasteiger partial charge in [0.25, 0.3) is 5.91 Å². The number of urea groups is 1. The highest BCUT2D eigenvalue weighted by Crippen LogP contribution is 2.32. The summed E-state index contributed by atoms with van der Waals surface area (Å²) in [7, 11) is 0. The van der Waals surface area contributed by atoms with E-state index >= 15 is 0 Å². The zero-order chi connectivity index (χ0) is 27.6. The number of carbonyl (C=O) groups excluding carboxylic acids is 3. The van der Waals surface area contributed by atoms with E-state index in [2.05, 4.69) is 37.5 Å². The Balaban J connectivity index is 1.49. The van der Waals surface area contributed by atoms with Gasteiger partial charge in [-0.25, -0.2) is 14.4 Å². The Morgan fingerprint density at radius 2 is 1.92 bits per heavy atom. The third kappa shape index (κ3) is 6.05. The number of nitrogens with one attached hydrogen (secondary N) is 3. The maximum atomic E-state index is 13.4. The Morgan fingerprint density at radius 3 is 2.53 bits per heavy atom. The molecule has 2 fully saturated rings. The SMILES string of the molecule is Cc1nonc1C(=O)N[C@H](C(=O)Nc1cc([C@@H](C)N2C[C@@H](C(F)(F)F)NC2=O)ccn1)C1CCC(C)CC1. The van der Waals surface area contributed by atoms with Crippen LogP contribution in [-0.4, -0.2) is 62.8 Å². The molecule has 1 aliphatic carbocycles. The van der Waals surface area contributed by atoms with Gasteiger partial charge < -0.3 is 20.9 Å². The molecule has 11 nitrogen and oxygen atoms in total. The van der Waals surface area contributed by atoms with Crippen molar-refractivity contribution < 1.29 is 32.2 Å². The highest BCUT2D eigenvalue weighted by Gasteiger charge is 2.48. The summed E-state index contributed by atoms with van der Waals surface area (Å²) in [4.78, 5) is 43.7. The molecule has 0 radical (unpaired) electrons. The van der Waals surface area contributed by atoms with Crippen molar-refractivity contribution in [3.8, 4) is 0 Å². The summed E-state index contributed by atoms with van der Waals surface area (Å²) in [6.45, 7) is 4.77. The van der Waals surface area contributed by atoms with E-state index in [1.54, 1.807) is 19.9 Å². The second-order valence-corrected chi connectivity index (χ2v) is 10.0. The maximum Gasteiger partial charge on any atom is 0.410 e. The van der Waals surface area contributed by atoms with Crippen LogP contribution in [0.5, 0.6) is 0 Å². The summed E-state index contributed by atoms with van der Waals surface area (Å²) in [5, 5.41) is 14.7. The number of pyridine rings is 1. The lowest BCUT2D eigenvalue weighted by molar-refractivity contribution is -0.150. The molecule has 1 saturated carbocycles. The Morgan fingerprint density at radius 1 is 1.21 bits per heavy atom. The van der Waals surface area contributed by atoms with Gasteiger partial charge in [-0.1, -0.05) is 24.9 Å². The van der Waals surface area contributed by atoms with Crippen LogP contribution >= 0.6 is 0 Å². The molecule has 38 heavy (non-hydrogen) atoms. The fourth-order valence-corrected chi connectivity index (χ4v) is 4.90. The number of halogens is 3. The van der Waals surface area contributed by atoms with Crippen molar-refractivity contribution in [3.63, 3.8) is 0 Å². The number of anilines is 1. The van der Waals surface area contributed by atoms with Gasteiger partial charge in [0.1, 0.15) is 23.6 Å². The van der Waals surface area contributed by atoms with Gasteiger partial charge in [0.15, 0.2) is 5.69 Å². The molecule has 0 bridgehead atoms. The van der Waals surface area contributed by atoms with E-state index in [0.717, 1.165) is 30.6 Å². The molecule has 1 saturated heterocycles. The fourth-order valence-electron chi connectivity index (χ4n) is 4.90. The van der Waals surface area contributed by atoms with Gasteiger partial charge >= 0.3 is 12.2 Å². The first-order valence-electron chi connectivity index (χ1n) is 12.4. The van der Waals surface area contributed by atoms with E-state index in [4.69, 9.17) is 0 Å². The maximum absolute atomic E-state index is 13.4. The monoisotopic (exact) mass is 537 g/mol. The number of hydrogen-bond acceptors (Lipinski definition) is 7. The van der Waals surface area contributed by atoms with E-state index < -0.39 is 48.7 Å². The molecule has 3 N–H and O–H groups in total. The van der Waals surface area contributed by atoms with E-state index in [1.165, 1.54) is 12.3 Å². The molecular formula is C24H30F3N7O4. The Labute approximate surface area is 216 Å². The predicted octanol–water partition coefficient (Wildman–Crippen LogP) is 3.35. The summed E-state index contributed by atoms with van der Waals surface area (Å²) in [5.74, 6) is -0.524. The van der Waals surface area contributed by atoms with Gasteiger partial charge in [-0.2, -0.15) is 13.2 Å². The van der Waals surface area contributed by atoms with Crippen molar-refractivity contribution in [1.29, 1.82) is 0 Å². The minimum Gasteiger partial charge on any atom is -0.338 e. The number of carbonyl (C=O) groups is 3. The Hall–Kier alpha value is -3.71. The van der Waals surface area contributed by atoms with Crippen molar-refractivity contribution >= 4 is 23.7 Å². The van der Waals surface area contributed by atoms with Crippen LogP contribution in [0.1, 0.15) is 67.3 Å². The summed E-state index contributed by atoms with van der Waals surface area (Å²) in [6, 6.07) is -1.30. The molecule has 3 atom stereocenters. The first-order valence-corrected chi connectivity index (χ1v) is 12.4. The molecule has 0 unspecified atom stereocenters. The van der Waals surface area contributed by atoms with Gasteiger partial charge in [0, 0.05) is 6.20 Å².